The van der Waals surface area contributed by atoms with Crippen LogP contribution in [-0.4, -0.2) is 20.3 Å². The molecule has 0 spiro atoms. The van der Waals surface area contributed by atoms with Crippen LogP contribution in [-0.2, 0) is 11.2 Å². The van der Waals surface area contributed by atoms with E-state index in [1.807, 2.05) is 13.8 Å². The Morgan fingerprint density at radius 2 is 2.21 bits per heavy atom. The number of hydrogen-bond donors (Lipinski definition) is 0. The number of nitrogens with zero attached hydrogens (tertiary/aromatic N) is 3. The summed E-state index contributed by atoms with van der Waals surface area (Å²) in [6.45, 7) is 5.70. The van der Waals surface area contributed by atoms with Crippen LogP contribution in [0.5, 0.6) is 0 Å². The zero-order valence-corrected chi connectivity index (χ0v) is 14.5. The zero-order chi connectivity index (χ0) is 17.3. The fourth-order valence-corrected chi connectivity index (χ4v) is 3.43. The van der Waals surface area contributed by atoms with Crippen LogP contribution in [0.15, 0.2) is 35.4 Å². The number of thiazole rings is 1. The highest BCUT2D eigenvalue weighted by Gasteiger charge is 2.21. The first-order valence-electron chi connectivity index (χ1n) is 7.64. The molecule has 0 radical (unpaired) electrons. The van der Waals surface area contributed by atoms with Gasteiger partial charge in [-0.1, -0.05) is 13.0 Å². The van der Waals surface area contributed by atoms with Crippen molar-refractivity contribution in [2.45, 2.75) is 33.3 Å². The molecule has 0 amide bonds. The second kappa shape index (κ2) is 6.52. The van der Waals surface area contributed by atoms with Crippen LogP contribution in [0, 0.1) is 6.92 Å². The van der Waals surface area contributed by atoms with Crippen LogP contribution >= 0.6 is 11.3 Å². The minimum atomic E-state index is -0.677. The Hall–Kier alpha value is -2.54. The number of fused-ring (bicyclic) bond motifs is 1. The summed E-state index contributed by atoms with van der Waals surface area (Å²) in [6.07, 6.45) is 3.21. The number of carbonyl (C=O) groups excluding carboxylic acids is 1. The molecule has 24 heavy (non-hydrogen) atoms. The van der Waals surface area contributed by atoms with Gasteiger partial charge in [-0.25, -0.2) is 14.8 Å². The van der Waals surface area contributed by atoms with Gasteiger partial charge in [0.05, 0.1) is 15.6 Å². The average Bonchev–Trinajstić information content (AvgIpc) is 2.96. The molecule has 0 aliphatic carbocycles. The first kappa shape index (κ1) is 16.3. The topological polar surface area (TPSA) is 73.6 Å². The largest absolute Gasteiger partial charge is 0.453 e. The number of aromatic nitrogens is 3. The van der Waals surface area contributed by atoms with Crippen LogP contribution in [0.1, 0.15) is 45.9 Å². The highest BCUT2D eigenvalue weighted by Crippen LogP contribution is 2.28. The van der Waals surface area contributed by atoms with Gasteiger partial charge in [-0.05, 0) is 32.4 Å². The van der Waals surface area contributed by atoms with Crippen molar-refractivity contribution in [3.63, 3.8) is 0 Å². The van der Waals surface area contributed by atoms with E-state index in [2.05, 4.69) is 9.97 Å². The highest BCUT2D eigenvalue weighted by atomic mass is 32.1. The molecule has 0 aliphatic heterocycles. The molecule has 6 nitrogen and oxygen atoms in total. The third-order valence-corrected chi connectivity index (χ3v) is 5.13. The van der Waals surface area contributed by atoms with Gasteiger partial charge in [0.15, 0.2) is 0 Å². The summed E-state index contributed by atoms with van der Waals surface area (Å²) in [5.41, 5.74) is 0.819. The SMILES string of the molecule is CCc1nc(C)c(C(C)OC(=O)c2cnc3ccccn3c2=O)s1. The van der Waals surface area contributed by atoms with Crippen molar-refractivity contribution in [1.82, 2.24) is 14.4 Å². The molecule has 1 atom stereocenters. The third-order valence-electron chi connectivity index (χ3n) is 3.67. The van der Waals surface area contributed by atoms with Gasteiger partial charge < -0.3 is 4.74 Å². The molecule has 0 saturated carbocycles. The van der Waals surface area contributed by atoms with Gasteiger partial charge in [0.25, 0.3) is 5.56 Å². The summed E-state index contributed by atoms with van der Waals surface area (Å²) in [7, 11) is 0. The van der Waals surface area contributed by atoms with E-state index in [0.29, 0.717) is 5.65 Å². The quantitative estimate of drug-likeness (QED) is 0.681. The first-order valence-corrected chi connectivity index (χ1v) is 8.46. The standard InChI is InChI=1S/C17H17N3O3S/c1-4-14-19-10(2)15(24-14)11(3)23-17(22)12-9-18-13-7-5-6-8-20(13)16(12)21/h5-9,11H,4H2,1-3H3. The molecule has 1 unspecified atom stereocenters. The lowest BCUT2D eigenvalue weighted by Crippen LogP contribution is -2.24. The van der Waals surface area contributed by atoms with Crippen molar-refractivity contribution in [3.8, 4) is 0 Å². The maximum atomic E-state index is 12.4. The molecule has 3 aromatic heterocycles. The van der Waals surface area contributed by atoms with E-state index in [1.165, 1.54) is 21.9 Å². The van der Waals surface area contributed by atoms with Gasteiger partial charge in [0.1, 0.15) is 17.3 Å². The Kier molecular flexibility index (Phi) is 4.44. The van der Waals surface area contributed by atoms with E-state index in [0.717, 1.165) is 22.0 Å². The molecule has 0 saturated heterocycles. The van der Waals surface area contributed by atoms with Crippen molar-refractivity contribution in [1.29, 1.82) is 0 Å². The highest BCUT2D eigenvalue weighted by molar-refractivity contribution is 7.11. The normalized spacial score (nSPS) is 12.3. The number of esters is 1. The third kappa shape index (κ3) is 2.94. The van der Waals surface area contributed by atoms with Crippen LogP contribution in [0.25, 0.3) is 5.65 Å². The van der Waals surface area contributed by atoms with Crippen molar-refractivity contribution in [2.75, 3.05) is 0 Å². The van der Waals surface area contributed by atoms with E-state index in [9.17, 15) is 9.59 Å². The van der Waals surface area contributed by atoms with Crippen LogP contribution < -0.4 is 5.56 Å². The molecular formula is C17H17N3O3S. The van der Waals surface area contributed by atoms with Gasteiger partial charge in [-0.2, -0.15) is 0 Å². The lowest BCUT2D eigenvalue weighted by molar-refractivity contribution is 0.0341. The van der Waals surface area contributed by atoms with Crippen molar-refractivity contribution < 1.29 is 9.53 Å². The predicted molar refractivity (Wildman–Crippen MR) is 91.5 cm³/mol. The molecular weight excluding hydrogens is 326 g/mol. The molecule has 124 valence electrons. The summed E-state index contributed by atoms with van der Waals surface area (Å²) in [5, 5.41) is 0.998. The lowest BCUT2D eigenvalue weighted by atomic mass is 10.2. The lowest BCUT2D eigenvalue weighted by Gasteiger charge is -2.12. The van der Waals surface area contributed by atoms with Gasteiger partial charge in [0.2, 0.25) is 0 Å². The van der Waals surface area contributed by atoms with Crippen LogP contribution in [0.3, 0.4) is 0 Å². The summed E-state index contributed by atoms with van der Waals surface area (Å²) in [4.78, 5) is 34.3. The molecule has 3 heterocycles. The number of pyridine rings is 1. The van der Waals surface area contributed by atoms with E-state index in [4.69, 9.17) is 4.74 Å². The fourth-order valence-electron chi connectivity index (χ4n) is 2.44. The molecule has 0 fully saturated rings. The maximum absolute atomic E-state index is 12.4. The van der Waals surface area contributed by atoms with E-state index >= 15 is 0 Å². The summed E-state index contributed by atoms with van der Waals surface area (Å²) >= 11 is 1.52. The van der Waals surface area contributed by atoms with E-state index in [1.54, 1.807) is 31.3 Å². The Bertz CT molecular complexity index is 961. The summed E-state index contributed by atoms with van der Waals surface area (Å²) < 4.78 is 6.80. The second-order valence-corrected chi connectivity index (χ2v) is 6.48. The molecule has 0 aromatic carbocycles. The molecule has 3 rings (SSSR count). The van der Waals surface area contributed by atoms with Crippen LogP contribution in [0.4, 0.5) is 0 Å². The fraction of sp³-hybridized carbons (Fsp3) is 0.294. The first-order chi connectivity index (χ1) is 11.5. The Balaban J connectivity index is 1.88. The Morgan fingerprint density at radius 1 is 1.42 bits per heavy atom. The molecule has 7 heteroatoms. The Labute approximate surface area is 142 Å². The smallest absolute Gasteiger partial charge is 0.346 e. The van der Waals surface area contributed by atoms with E-state index < -0.39 is 17.6 Å². The second-order valence-electron chi connectivity index (χ2n) is 5.36. The van der Waals surface area contributed by atoms with Crippen LogP contribution in [0.2, 0.25) is 0 Å². The summed E-state index contributed by atoms with van der Waals surface area (Å²) in [6, 6.07) is 5.19. The number of carbonyl (C=O) groups is 1. The van der Waals surface area contributed by atoms with Gasteiger partial charge in [0, 0.05) is 12.4 Å². The predicted octanol–water partition coefficient (Wildman–Crippen LogP) is 2.94. The summed E-state index contributed by atoms with van der Waals surface area (Å²) in [5.74, 6) is -0.677. The number of hydrogen-bond acceptors (Lipinski definition) is 6. The number of ether oxygens (including phenoxy) is 1. The van der Waals surface area contributed by atoms with Gasteiger partial charge >= 0.3 is 5.97 Å². The average molecular weight is 343 g/mol. The maximum Gasteiger partial charge on any atom is 0.346 e. The van der Waals surface area contributed by atoms with Crippen molar-refractivity contribution in [2.24, 2.45) is 0 Å². The van der Waals surface area contributed by atoms with Gasteiger partial charge in [-0.3, -0.25) is 9.20 Å². The number of rotatable bonds is 4. The van der Waals surface area contributed by atoms with Crippen molar-refractivity contribution in [3.05, 3.63) is 62.1 Å². The zero-order valence-electron chi connectivity index (χ0n) is 13.6. The Morgan fingerprint density at radius 3 is 2.92 bits per heavy atom. The molecule has 0 N–H and O–H groups in total. The minimum absolute atomic E-state index is 0.0802. The molecule has 0 bridgehead atoms. The minimum Gasteiger partial charge on any atom is -0.453 e. The number of aryl methyl sites for hydroxylation is 2. The monoisotopic (exact) mass is 343 g/mol. The molecule has 0 aliphatic rings. The van der Waals surface area contributed by atoms with E-state index in [-0.39, 0.29) is 5.56 Å². The van der Waals surface area contributed by atoms with Gasteiger partial charge in [-0.15, -0.1) is 11.3 Å². The molecule has 3 aromatic rings. The van der Waals surface area contributed by atoms with Crippen molar-refractivity contribution >= 4 is 23.0 Å².